The van der Waals surface area contributed by atoms with E-state index in [2.05, 4.69) is 214 Å². The van der Waals surface area contributed by atoms with E-state index < -0.39 is 0 Å². The van der Waals surface area contributed by atoms with Crippen molar-refractivity contribution in [2.24, 2.45) is 0 Å². The van der Waals surface area contributed by atoms with E-state index in [0.29, 0.717) is 5.82 Å². The largest absolute Gasteiger partial charge is 0.228 e. The highest BCUT2D eigenvalue weighted by Gasteiger charge is 2.36. The van der Waals surface area contributed by atoms with Crippen LogP contribution in [0.4, 0.5) is 0 Å². The van der Waals surface area contributed by atoms with Crippen molar-refractivity contribution in [3.05, 3.63) is 217 Å². The van der Waals surface area contributed by atoms with Gasteiger partial charge < -0.3 is 0 Å². The van der Waals surface area contributed by atoms with Crippen LogP contribution in [0.3, 0.4) is 0 Å². The highest BCUT2D eigenvalue weighted by molar-refractivity contribution is 6.05. The number of hydrogen-bond acceptors (Lipinski definition) is 2. The Hall–Kier alpha value is -7.42. The van der Waals surface area contributed by atoms with Crippen molar-refractivity contribution >= 4 is 21.5 Å². The lowest BCUT2D eigenvalue weighted by Gasteiger charge is -2.22. The molecule has 2 nitrogen and oxygen atoms in total. The van der Waals surface area contributed by atoms with Crippen LogP contribution in [0.1, 0.15) is 25.0 Å². The first-order chi connectivity index (χ1) is 29.0. The van der Waals surface area contributed by atoms with Crippen LogP contribution in [-0.4, -0.2) is 9.97 Å². The van der Waals surface area contributed by atoms with E-state index in [1.54, 1.807) is 0 Å². The van der Waals surface area contributed by atoms with Crippen LogP contribution in [0.5, 0.6) is 0 Å². The molecule has 0 N–H and O–H groups in total. The van der Waals surface area contributed by atoms with Gasteiger partial charge in [-0.15, -0.1) is 0 Å². The molecule has 0 spiro atoms. The zero-order chi connectivity index (χ0) is 39.5. The number of fused-ring (bicyclic) bond motifs is 5. The Labute approximate surface area is 345 Å². The normalized spacial score (nSPS) is 12.7. The van der Waals surface area contributed by atoms with Crippen molar-refractivity contribution in [1.29, 1.82) is 0 Å². The molecule has 0 atom stereocenters. The lowest BCUT2D eigenvalue weighted by atomic mass is 9.81. The Morgan fingerprint density at radius 2 is 0.729 bits per heavy atom. The zero-order valence-electron chi connectivity index (χ0n) is 33.0. The number of aromatic nitrogens is 2. The third-order valence-corrected chi connectivity index (χ3v) is 12.3. The summed E-state index contributed by atoms with van der Waals surface area (Å²) in [6.45, 7) is 4.73. The molecule has 0 saturated heterocycles. The fraction of sp³-hybridized carbons (Fsp3) is 0.0526. The first-order valence-electron chi connectivity index (χ1n) is 20.4. The quantitative estimate of drug-likeness (QED) is 0.169. The summed E-state index contributed by atoms with van der Waals surface area (Å²) in [5.74, 6) is 0.710. The van der Waals surface area contributed by atoms with Crippen molar-refractivity contribution in [3.8, 4) is 78.4 Å². The van der Waals surface area contributed by atoms with E-state index >= 15 is 0 Å². The molecule has 0 amide bonds. The molecule has 1 heterocycles. The third kappa shape index (κ3) is 6.04. The van der Waals surface area contributed by atoms with Gasteiger partial charge in [-0.3, -0.25) is 0 Å². The number of hydrogen-bond donors (Lipinski definition) is 0. The van der Waals surface area contributed by atoms with Crippen LogP contribution in [0.15, 0.2) is 206 Å². The Kier molecular flexibility index (Phi) is 8.20. The Bertz CT molecular complexity index is 3200. The molecular weight excluding hydrogens is 713 g/mol. The minimum atomic E-state index is -0.117. The highest BCUT2D eigenvalue weighted by atomic mass is 14.9. The molecule has 59 heavy (non-hydrogen) atoms. The van der Waals surface area contributed by atoms with Gasteiger partial charge in [-0.05, 0) is 108 Å². The molecule has 0 saturated carbocycles. The summed E-state index contributed by atoms with van der Waals surface area (Å²) in [5, 5.41) is 4.88. The molecule has 0 aliphatic heterocycles. The summed E-state index contributed by atoms with van der Waals surface area (Å²) in [5.41, 5.74) is 17.4. The molecule has 9 aromatic carbocycles. The van der Waals surface area contributed by atoms with Gasteiger partial charge in [-0.1, -0.05) is 190 Å². The summed E-state index contributed by atoms with van der Waals surface area (Å²) < 4.78 is 0. The topological polar surface area (TPSA) is 25.8 Å². The second kappa shape index (κ2) is 13.9. The molecule has 0 radical (unpaired) electrons. The average Bonchev–Trinajstić information content (AvgIpc) is 3.52. The Balaban J connectivity index is 0.985. The monoisotopic (exact) mass is 752 g/mol. The van der Waals surface area contributed by atoms with Crippen molar-refractivity contribution < 1.29 is 0 Å². The molecule has 0 unspecified atom stereocenters. The van der Waals surface area contributed by atoms with E-state index in [9.17, 15) is 0 Å². The van der Waals surface area contributed by atoms with Crippen molar-refractivity contribution in [2.75, 3.05) is 0 Å². The van der Waals surface area contributed by atoms with E-state index in [4.69, 9.17) is 9.97 Å². The molecule has 278 valence electrons. The first kappa shape index (κ1) is 34.8. The number of benzene rings is 9. The van der Waals surface area contributed by atoms with Gasteiger partial charge in [-0.2, -0.15) is 0 Å². The molecule has 2 heteroatoms. The van der Waals surface area contributed by atoms with Gasteiger partial charge in [0, 0.05) is 22.1 Å². The molecule has 10 aromatic rings. The molecular formula is C57H40N2. The van der Waals surface area contributed by atoms with Crippen LogP contribution in [0.2, 0.25) is 0 Å². The van der Waals surface area contributed by atoms with Crippen molar-refractivity contribution in [1.82, 2.24) is 9.97 Å². The molecule has 1 aliphatic rings. The maximum absolute atomic E-state index is 5.30. The number of rotatable bonds is 6. The van der Waals surface area contributed by atoms with Crippen LogP contribution in [0.25, 0.3) is 100.0 Å². The van der Waals surface area contributed by atoms with Crippen LogP contribution >= 0.6 is 0 Å². The van der Waals surface area contributed by atoms with Crippen molar-refractivity contribution in [3.63, 3.8) is 0 Å². The standard InChI is InChI=1S/C57H40N2/c1-57(2)52-35-45(29-30-49(52)51-33-43-17-9-10-18-44(43)34-53(51)57)46-31-32-50(48-20-12-11-19-47(46)48)56-58-54(41-15-7-4-8-16-41)36-55(59-56)42-27-25-40(26-28-42)39-23-21-38(22-24-39)37-13-5-3-6-14-37/h3-36H,1-2H3. The van der Waals surface area contributed by atoms with Gasteiger partial charge in [-0.25, -0.2) is 9.97 Å². The second-order valence-corrected chi connectivity index (χ2v) is 16.2. The fourth-order valence-electron chi connectivity index (χ4n) is 9.13. The molecule has 0 fully saturated rings. The number of nitrogens with zero attached hydrogens (tertiary/aromatic N) is 2. The lowest BCUT2D eigenvalue weighted by molar-refractivity contribution is 0.661. The van der Waals surface area contributed by atoms with Crippen LogP contribution < -0.4 is 0 Å². The van der Waals surface area contributed by atoms with E-state index in [-0.39, 0.29) is 5.41 Å². The predicted molar refractivity (Wildman–Crippen MR) is 247 cm³/mol. The average molecular weight is 753 g/mol. The van der Waals surface area contributed by atoms with Gasteiger partial charge in [0.25, 0.3) is 0 Å². The minimum absolute atomic E-state index is 0.117. The highest BCUT2D eigenvalue weighted by Crippen LogP contribution is 2.51. The summed E-state index contributed by atoms with van der Waals surface area (Å²) in [7, 11) is 0. The van der Waals surface area contributed by atoms with Crippen LogP contribution in [0, 0.1) is 0 Å². The van der Waals surface area contributed by atoms with Gasteiger partial charge in [0.05, 0.1) is 11.4 Å². The van der Waals surface area contributed by atoms with Crippen molar-refractivity contribution in [2.45, 2.75) is 19.3 Å². The van der Waals surface area contributed by atoms with E-state index in [0.717, 1.165) is 33.5 Å². The second-order valence-electron chi connectivity index (χ2n) is 16.2. The Morgan fingerprint density at radius 3 is 1.36 bits per heavy atom. The van der Waals surface area contributed by atoms with Gasteiger partial charge >= 0.3 is 0 Å². The fourth-order valence-corrected chi connectivity index (χ4v) is 9.13. The summed E-state index contributed by atoms with van der Waals surface area (Å²) in [4.78, 5) is 10.6. The maximum Gasteiger partial charge on any atom is 0.161 e. The van der Waals surface area contributed by atoms with Gasteiger partial charge in [0.1, 0.15) is 0 Å². The predicted octanol–water partition coefficient (Wildman–Crippen LogP) is 15.1. The molecule has 1 aromatic heterocycles. The molecule has 0 bridgehead atoms. The van der Waals surface area contributed by atoms with Gasteiger partial charge in [0.15, 0.2) is 5.82 Å². The van der Waals surface area contributed by atoms with Crippen LogP contribution in [-0.2, 0) is 5.41 Å². The SMILES string of the molecule is CC1(C)c2cc(-c3ccc(-c4nc(-c5ccccc5)cc(-c5ccc(-c6ccc(-c7ccccc7)cc6)cc5)n4)c4ccccc34)ccc2-c2cc3ccccc3cc21. The first-order valence-corrected chi connectivity index (χ1v) is 20.4. The van der Waals surface area contributed by atoms with Gasteiger partial charge in [0.2, 0.25) is 0 Å². The molecule has 1 aliphatic carbocycles. The summed E-state index contributed by atoms with van der Waals surface area (Å²) in [6.07, 6.45) is 0. The lowest BCUT2D eigenvalue weighted by Crippen LogP contribution is -2.15. The molecule has 11 rings (SSSR count). The smallest absolute Gasteiger partial charge is 0.161 e. The van der Waals surface area contributed by atoms with E-state index in [1.165, 1.54) is 71.8 Å². The summed E-state index contributed by atoms with van der Waals surface area (Å²) >= 11 is 0. The minimum Gasteiger partial charge on any atom is -0.228 e. The summed E-state index contributed by atoms with van der Waals surface area (Å²) in [6, 6.07) is 74.3. The Morgan fingerprint density at radius 1 is 0.305 bits per heavy atom. The zero-order valence-corrected chi connectivity index (χ0v) is 33.0. The third-order valence-electron chi connectivity index (χ3n) is 12.3. The maximum atomic E-state index is 5.30. The van der Waals surface area contributed by atoms with E-state index in [1.807, 2.05) is 6.07 Å².